The van der Waals surface area contributed by atoms with Crippen LogP contribution in [0.3, 0.4) is 0 Å². The summed E-state index contributed by atoms with van der Waals surface area (Å²) in [6.07, 6.45) is 1.40. The quantitative estimate of drug-likeness (QED) is 0.367. The molecule has 3 N–H and O–H groups in total. The summed E-state index contributed by atoms with van der Waals surface area (Å²) in [6, 6.07) is 13.6. The maximum absolute atomic E-state index is 11.9. The van der Waals surface area contributed by atoms with Gasteiger partial charge in [0, 0.05) is 29.2 Å². The Hall–Kier alpha value is -4.09. The van der Waals surface area contributed by atoms with Gasteiger partial charge in [-0.1, -0.05) is 18.2 Å². The Morgan fingerprint density at radius 3 is 2.00 bits per heavy atom. The fraction of sp³-hybridized carbons (Fsp3) is 0.0476. The highest BCUT2D eigenvalue weighted by molar-refractivity contribution is 5.91. The minimum absolute atomic E-state index is 0.00442. The highest BCUT2D eigenvalue weighted by atomic mass is 16.5. The first-order valence-electron chi connectivity index (χ1n) is 8.26. The zero-order valence-corrected chi connectivity index (χ0v) is 14.3. The molecule has 7 heteroatoms. The first-order valence-corrected chi connectivity index (χ1v) is 8.26. The first-order chi connectivity index (χ1) is 13.5. The van der Waals surface area contributed by atoms with E-state index >= 15 is 0 Å². The van der Waals surface area contributed by atoms with Crippen molar-refractivity contribution < 1.29 is 29.6 Å². The maximum Gasteiger partial charge on any atom is 0.336 e. The van der Waals surface area contributed by atoms with E-state index in [4.69, 9.17) is 4.74 Å². The molecule has 4 rings (SSSR count). The van der Waals surface area contributed by atoms with Crippen LogP contribution in [0.1, 0.15) is 33.0 Å². The molecule has 0 unspecified atom stereocenters. The molecule has 3 aromatic rings. The smallest absolute Gasteiger partial charge is 0.336 e. The number of ether oxygens (including phenoxy) is 1. The summed E-state index contributed by atoms with van der Waals surface area (Å²) in [5.41, 5.74) is 1.93. The molecule has 0 spiro atoms. The number of rotatable bonds is 3. The lowest BCUT2D eigenvalue weighted by Gasteiger charge is -2.29. The topological polar surface area (TPSA) is 116 Å². The molecule has 0 amide bonds. The fourth-order valence-corrected chi connectivity index (χ4v) is 3.42. The standard InChI is InChI=1S/C21H13NO6/c23-10-22-11-1-4-14(17(7-11)21(26)27)20-15-5-2-12(24)8-18(15)28-19-9-13(25)3-6-16(19)20/h1-9,20,24-25H,(H,26,27). The minimum atomic E-state index is -1.18. The number of aliphatic imine (C=N–C) groups is 1. The normalized spacial score (nSPS) is 12.3. The van der Waals surface area contributed by atoms with Crippen molar-refractivity contribution in [2.45, 2.75) is 5.92 Å². The van der Waals surface area contributed by atoms with Crippen molar-refractivity contribution in [2.24, 2.45) is 4.99 Å². The van der Waals surface area contributed by atoms with Crippen LogP contribution in [-0.4, -0.2) is 27.4 Å². The van der Waals surface area contributed by atoms with Gasteiger partial charge in [-0.05, 0) is 29.8 Å². The van der Waals surface area contributed by atoms with Crippen LogP contribution in [0.5, 0.6) is 23.0 Å². The zero-order valence-electron chi connectivity index (χ0n) is 14.3. The monoisotopic (exact) mass is 375 g/mol. The van der Waals surface area contributed by atoms with Gasteiger partial charge in [0.05, 0.1) is 11.3 Å². The van der Waals surface area contributed by atoms with E-state index in [1.807, 2.05) is 0 Å². The van der Waals surface area contributed by atoms with E-state index in [0.717, 1.165) is 0 Å². The second-order valence-corrected chi connectivity index (χ2v) is 6.26. The molecular weight excluding hydrogens is 362 g/mol. The highest BCUT2D eigenvalue weighted by Gasteiger charge is 2.32. The molecule has 0 bridgehead atoms. The molecular formula is C21H13NO6. The SMILES string of the molecule is O=C=Nc1ccc(C2c3ccc(O)cc3Oc3cc(O)ccc32)c(C(=O)O)c1. The van der Waals surface area contributed by atoms with Gasteiger partial charge in [0.1, 0.15) is 23.0 Å². The van der Waals surface area contributed by atoms with Crippen LogP contribution < -0.4 is 4.74 Å². The van der Waals surface area contributed by atoms with Crippen molar-refractivity contribution in [2.75, 3.05) is 0 Å². The average Bonchev–Trinajstić information content (AvgIpc) is 2.66. The summed E-state index contributed by atoms with van der Waals surface area (Å²) in [5.74, 6) is -1.00. The maximum atomic E-state index is 11.9. The van der Waals surface area contributed by atoms with E-state index in [-0.39, 0.29) is 22.7 Å². The van der Waals surface area contributed by atoms with Crippen molar-refractivity contribution in [1.29, 1.82) is 0 Å². The first kappa shape index (κ1) is 17.3. The van der Waals surface area contributed by atoms with Crippen molar-refractivity contribution in [3.05, 3.63) is 76.9 Å². The number of phenolic OH excluding ortho intramolecular Hbond substituents is 2. The molecule has 138 valence electrons. The highest BCUT2D eigenvalue weighted by Crippen LogP contribution is 2.49. The molecule has 0 atom stereocenters. The summed E-state index contributed by atoms with van der Waals surface area (Å²) in [4.78, 5) is 25.9. The number of hydrogen-bond acceptors (Lipinski definition) is 6. The minimum Gasteiger partial charge on any atom is -0.508 e. The van der Waals surface area contributed by atoms with Crippen LogP contribution in [0, 0.1) is 0 Å². The lowest BCUT2D eigenvalue weighted by atomic mass is 9.80. The van der Waals surface area contributed by atoms with Gasteiger partial charge in [0.15, 0.2) is 0 Å². The molecule has 1 heterocycles. The van der Waals surface area contributed by atoms with E-state index < -0.39 is 11.9 Å². The molecule has 7 nitrogen and oxygen atoms in total. The Morgan fingerprint density at radius 1 is 0.893 bits per heavy atom. The molecule has 0 fully saturated rings. The summed E-state index contributed by atoms with van der Waals surface area (Å²) in [6.45, 7) is 0. The number of carboxylic acid groups (broad SMARTS) is 1. The number of fused-ring (bicyclic) bond motifs is 2. The van der Waals surface area contributed by atoms with E-state index in [9.17, 15) is 24.9 Å². The third kappa shape index (κ3) is 2.86. The Bertz CT molecular complexity index is 1110. The number of phenols is 2. The van der Waals surface area contributed by atoms with E-state index in [1.165, 1.54) is 42.5 Å². The van der Waals surface area contributed by atoms with E-state index in [0.29, 0.717) is 28.2 Å². The largest absolute Gasteiger partial charge is 0.508 e. The van der Waals surface area contributed by atoms with Gasteiger partial charge >= 0.3 is 5.97 Å². The third-order valence-electron chi connectivity index (χ3n) is 4.59. The molecule has 28 heavy (non-hydrogen) atoms. The Morgan fingerprint density at radius 2 is 1.46 bits per heavy atom. The number of aromatic carboxylic acids is 1. The van der Waals surface area contributed by atoms with Gasteiger partial charge in [-0.15, -0.1) is 0 Å². The third-order valence-corrected chi connectivity index (χ3v) is 4.59. The average molecular weight is 375 g/mol. The van der Waals surface area contributed by atoms with Gasteiger partial charge < -0.3 is 20.1 Å². The lowest BCUT2D eigenvalue weighted by Crippen LogP contribution is -2.15. The number of carbonyl (C=O) groups excluding carboxylic acids is 1. The van der Waals surface area contributed by atoms with Gasteiger partial charge in [-0.2, -0.15) is 4.99 Å². The number of carboxylic acids is 1. The molecule has 3 aromatic carbocycles. The van der Waals surface area contributed by atoms with Gasteiger partial charge in [-0.3, -0.25) is 0 Å². The van der Waals surface area contributed by atoms with Crippen molar-refractivity contribution >= 4 is 17.7 Å². The second-order valence-electron chi connectivity index (χ2n) is 6.26. The summed E-state index contributed by atoms with van der Waals surface area (Å²) in [7, 11) is 0. The summed E-state index contributed by atoms with van der Waals surface area (Å²) < 4.78 is 5.82. The van der Waals surface area contributed by atoms with Gasteiger partial charge in [0.25, 0.3) is 0 Å². The number of hydrogen-bond donors (Lipinski definition) is 3. The number of carbonyl (C=O) groups is 1. The Labute approximate surface area is 158 Å². The van der Waals surface area contributed by atoms with E-state index in [2.05, 4.69) is 4.99 Å². The second kappa shape index (κ2) is 6.57. The summed E-state index contributed by atoms with van der Waals surface area (Å²) >= 11 is 0. The molecule has 1 aliphatic heterocycles. The van der Waals surface area contributed by atoms with Gasteiger partial charge in [0.2, 0.25) is 6.08 Å². The van der Waals surface area contributed by atoms with Crippen LogP contribution in [0.2, 0.25) is 0 Å². The molecule has 0 radical (unpaired) electrons. The molecule has 0 saturated carbocycles. The predicted molar refractivity (Wildman–Crippen MR) is 98.4 cm³/mol. The number of benzene rings is 3. The van der Waals surface area contributed by atoms with E-state index in [1.54, 1.807) is 18.2 Å². The predicted octanol–water partition coefficient (Wildman–Crippen LogP) is 4.05. The molecule has 1 aliphatic rings. The number of isocyanates is 1. The van der Waals surface area contributed by atoms with Crippen LogP contribution >= 0.6 is 0 Å². The molecule has 0 saturated heterocycles. The Kier molecular flexibility index (Phi) is 4.07. The van der Waals surface area contributed by atoms with Crippen LogP contribution in [-0.2, 0) is 4.79 Å². The van der Waals surface area contributed by atoms with Crippen LogP contribution in [0.25, 0.3) is 0 Å². The number of aromatic hydroxyl groups is 2. The zero-order chi connectivity index (χ0) is 19.8. The van der Waals surface area contributed by atoms with Crippen LogP contribution in [0.15, 0.2) is 59.6 Å². The van der Waals surface area contributed by atoms with Crippen LogP contribution in [0.4, 0.5) is 5.69 Å². The van der Waals surface area contributed by atoms with Crippen molar-refractivity contribution in [1.82, 2.24) is 0 Å². The fourth-order valence-electron chi connectivity index (χ4n) is 3.42. The molecule has 0 aliphatic carbocycles. The lowest BCUT2D eigenvalue weighted by molar-refractivity contribution is 0.0695. The number of nitrogens with zero attached hydrogens (tertiary/aromatic N) is 1. The Balaban J connectivity index is 2.00. The van der Waals surface area contributed by atoms with Gasteiger partial charge in [-0.25, -0.2) is 9.59 Å². The summed E-state index contributed by atoms with van der Waals surface area (Å²) in [5, 5.41) is 29.3. The molecule has 0 aromatic heterocycles. The van der Waals surface area contributed by atoms with Crippen molar-refractivity contribution in [3.8, 4) is 23.0 Å². The van der Waals surface area contributed by atoms with Crippen molar-refractivity contribution in [3.63, 3.8) is 0 Å².